The molecule has 1 aliphatic heterocycles. The number of nitrogens with zero attached hydrogens (tertiary/aromatic N) is 3. The predicted molar refractivity (Wildman–Crippen MR) is 118 cm³/mol. The van der Waals surface area contributed by atoms with E-state index >= 15 is 0 Å². The van der Waals surface area contributed by atoms with Crippen molar-refractivity contribution >= 4 is 34.8 Å². The fraction of sp³-hybridized carbons (Fsp3) is 0.409. The van der Waals surface area contributed by atoms with Gasteiger partial charge < -0.3 is 10.1 Å². The third-order valence-electron chi connectivity index (χ3n) is 4.93. The summed E-state index contributed by atoms with van der Waals surface area (Å²) in [6.45, 7) is 7.19. The second-order valence-electron chi connectivity index (χ2n) is 7.00. The van der Waals surface area contributed by atoms with Crippen LogP contribution in [0.2, 0.25) is 0 Å². The van der Waals surface area contributed by atoms with E-state index < -0.39 is 5.97 Å². The SMILES string of the molecule is CCOC(=O)/C(C#N)=c1\s/c(=C/Nc2cccc(CN3CCCC3)c2)c(=O)n1CC. The zero-order chi connectivity index (χ0) is 21.5. The van der Waals surface area contributed by atoms with Gasteiger partial charge in [-0.25, -0.2) is 4.79 Å². The second kappa shape index (κ2) is 10.2. The second-order valence-corrected chi connectivity index (χ2v) is 8.03. The summed E-state index contributed by atoms with van der Waals surface area (Å²) in [4.78, 5) is 27.3. The van der Waals surface area contributed by atoms with Crippen LogP contribution in [0.25, 0.3) is 11.8 Å². The van der Waals surface area contributed by atoms with Gasteiger partial charge in [-0.1, -0.05) is 12.1 Å². The van der Waals surface area contributed by atoms with Gasteiger partial charge in [-0.3, -0.25) is 14.3 Å². The van der Waals surface area contributed by atoms with Crippen LogP contribution < -0.4 is 20.1 Å². The molecule has 8 heteroatoms. The van der Waals surface area contributed by atoms with Crippen molar-refractivity contribution in [3.63, 3.8) is 0 Å². The molecular formula is C22H26N4O3S. The Morgan fingerprint density at radius 2 is 2.10 bits per heavy atom. The Balaban J connectivity index is 1.91. The number of aromatic nitrogens is 1. The van der Waals surface area contributed by atoms with Crippen LogP contribution in [0.4, 0.5) is 5.69 Å². The zero-order valence-corrected chi connectivity index (χ0v) is 18.1. The molecule has 30 heavy (non-hydrogen) atoms. The molecule has 0 radical (unpaired) electrons. The summed E-state index contributed by atoms with van der Waals surface area (Å²) in [5.74, 6) is -0.711. The van der Waals surface area contributed by atoms with Crippen molar-refractivity contribution < 1.29 is 9.53 Å². The molecule has 2 aromatic rings. The maximum Gasteiger partial charge on any atom is 0.351 e. The molecule has 7 nitrogen and oxygen atoms in total. The van der Waals surface area contributed by atoms with Gasteiger partial charge in [0, 0.05) is 25.0 Å². The minimum Gasteiger partial charge on any atom is -0.462 e. The first-order chi connectivity index (χ1) is 14.6. The Hall–Kier alpha value is -2.89. The van der Waals surface area contributed by atoms with Gasteiger partial charge in [0.1, 0.15) is 15.3 Å². The first-order valence-electron chi connectivity index (χ1n) is 10.2. The molecule has 3 rings (SSSR count). The van der Waals surface area contributed by atoms with E-state index in [0.29, 0.717) is 15.7 Å². The number of rotatable bonds is 7. The predicted octanol–water partition coefficient (Wildman–Crippen LogP) is 1.61. The van der Waals surface area contributed by atoms with Gasteiger partial charge in [0.15, 0.2) is 5.57 Å². The lowest BCUT2D eigenvalue weighted by molar-refractivity contribution is -0.136. The van der Waals surface area contributed by atoms with Gasteiger partial charge in [-0.05, 0) is 57.5 Å². The molecule has 0 amide bonds. The number of nitrogens with one attached hydrogen (secondary N) is 1. The van der Waals surface area contributed by atoms with E-state index in [4.69, 9.17) is 4.74 Å². The van der Waals surface area contributed by atoms with Gasteiger partial charge in [0.25, 0.3) is 5.56 Å². The van der Waals surface area contributed by atoms with Crippen LogP contribution in [-0.2, 0) is 22.6 Å². The third kappa shape index (κ3) is 4.99. The molecule has 1 aliphatic rings. The summed E-state index contributed by atoms with van der Waals surface area (Å²) >= 11 is 1.11. The molecule has 0 saturated carbocycles. The number of nitriles is 1. The van der Waals surface area contributed by atoms with Crippen LogP contribution in [0, 0.1) is 11.3 Å². The van der Waals surface area contributed by atoms with Crippen molar-refractivity contribution in [3.8, 4) is 6.07 Å². The minimum absolute atomic E-state index is 0.145. The molecule has 1 saturated heterocycles. The highest BCUT2D eigenvalue weighted by atomic mass is 32.1. The van der Waals surface area contributed by atoms with E-state index in [2.05, 4.69) is 22.3 Å². The summed E-state index contributed by atoms with van der Waals surface area (Å²) in [7, 11) is 0. The largest absolute Gasteiger partial charge is 0.462 e. The molecule has 0 spiro atoms. The normalized spacial score (nSPS) is 15.7. The lowest BCUT2D eigenvalue weighted by atomic mass is 10.2. The van der Waals surface area contributed by atoms with E-state index in [1.165, 1.54) is 23.0 Å². The molecule has 1 fully saturated rings. The number of esters is 1. The number of anilines is 1. The highest BCUT2D eigenvalue weighted by Crippen LogP contribution is 2.16. The van der Waals surface area contributed by atoms with Crippen LogP contribution in [0.5, 0.6) is 0 Å². The van der Waals surface area contributed by atoms with Crippen molar-refractivity contribution in [2.45, 2.75) is 39.8 Å². The highest BCUT2D eigenvalue weighted by Gasteiger charge is 2.16. The molecule has 0 atom stereocenters. The van der Waals surface area contributed by atoms with Gasteiger partial charge in [-0.15, -0.1) is 11.3 Å². The van der Waals surface area contributed by atoms with Crippen molar-refractivity contribution in [1.29, 1.82) is 5.26 Å². The maximum atomic E-state index is 12.8. The number of carbonyl (C=O) groups is 1. The molecule has 2 heterocycles. The summed E-state index contributed by atoms with van der Waals surface area (Å²) in [6.07, 6.45) is 4.14. The van der Waals surface area contributed by atoms with E-state index in [-0.39, 0.29) is 17.7 Å². The maximum absolute atomic E-state index is 12.8. The highest BCUT2D eigenvalue weighted by molar-refractivity contribution is 7.07. The van der Waals surface area contributed by atoms with E-state index in [9.17, 15) is 14.9 Å². The molecule has 1 N–H and O–H groups in total. The number of hydrogen-bond acceptors (Lipinski definition) is 7. The fourth-order valence-corrected chi connectivity index (χ4v) is 4.56. The van der Waals surface area contributed by atoms with E-state index in [0.717, 1.165) is 36.7 Å². The number of carbonyl (C=O) groups excluding carboxylic acids is 1. The summed E-state index contributed by atoms with van der Waals surface area (Å²) in [6, 6.07) is 10.0. The van der Waals surface area contributed by atoms with Gasteiger partial charge >= 0.3 is 5.97 Å². The lowest BCUT2D eigenvalue weighted by Crippen LogP contribution is -2.32. The third-order valence-corrected chi connectivity index (χ3v) is 6.06. The number of thiazole rings is 1. The monoisotopic (exact) mass is 426 g/mol. The molecule has 0 bridgehead atoms. The standard InChI is InChI=1S/C22H26N4O3S/c1-3-26-20(27)19(30-21(26)18(13-23)22(28)29-4-2)14-24-17-9-7-8-16(12-17)15-25-10-5-6-11-25/h7-9,12,14,24H,3-6,10-11,15H2,1-2H3/b19-14+,21-18-. The minimum atomic E-state index is -0.711. The van der Waals surface area contributed by atoms with Crippen LogP contribution in [0.1, 0.15) is 32.3 Å². The number of hydrogen-bond donors (Lipinski definition) is 1. The Kier molecular flexibility index (Phi) is 7.44. The van der Waals surface area contributed by atoms with Crippen LogP contribution in [-0.4, -0.2) is 35.1 Å². The van der Waals surface area contributed by atoms with Crippen molar-refractivity contribution in [1.82, 2.24) is 9.47 Å². The number of likely N-dealkylation sites (tertiary alicyclic amines) is 1. The lowest BCUT2D eigenvalue weighted by Gasteiger charge is -2.15. The summed E-state index contributed by atoms with van der Waals surface area (Å²) in [5.41, 5.74) is 1.72. The molecule has 1 aromatic carbocycles. The average Bonchev–Trinajstić information content (AvgIpc) is 3.35. The topological polar surface area (TPSA) is 87.4 Å². The molecule has 0 unspecified atom stereocenters. The Bertz CT molecular complexity index is 1120. The molecule has 158 valence electrons. The number of ether oxygens (including phenoxy) is 1. The van der Waals surface area contributed by atoms with Crippen molar-refractivity contribution in [3.05, 3.63) is 49.4 Å². The Morgan fingerprint density at radius 1 is 1.33 bits per heavy atom. The smallest absolute Gasteiger partial charge is 0.351 e. The molecule has 1 aromatic heterocycles. The number of benzene rings is 1. The van der Waals surface area contributed by atoms with E-state index in [1.807, 2.05) is 18.2 Å². The quantitative estimate of drug-likeness (QED) is 0.677. The van der Waals surface area contributed by atoms with Crippen LogP contribution in [0.3, 0.4) is 0 Å². The van der Waals surface area contributed by atoms with E-state index in [1.54, 1.807) is 20.0 Å². The first kappa shape index (κ1) is 21.8. The van der Waals surface area contributed by atoms with Crippen molar-refractivity contribution in [2.24, 2.45) is 0 Å². The van der Waals surface area contributed by atoms with Gasteiger partial charge in [0.05, 0.1) is 6.61 Å². The van der Waals surface area contributed by atoms with Crippen LogP contribution in [0.15, 0.2) is 29.1 Å². The Labute approximate surface area is 179 Å². The molecule has 0 aliphatic carbocycles. The Morgan fingerprint density at radius 3 is 2.77 bits per heavy atom. The van der Waals surface area contributed by atoms with Crippen molar-refractivity contribution in [2.75, 3.05) is 25.0 Å². The zero-order valence-electron chi connectivity index (χ0n) is 17.3. The van der Waals surface area contributed by atoms with Gasteiger partial charge in [0.2, 0.25) is 0 Å². The average molecular weight is 427 g/mol. The molecular weight excluding hydrogens is 400 g/mol. The summed E-state index contributed by atoms with van der Waals surface area (Å²) in [5, 5.41) is 12.6. The fourth-order valence-electron chi connectivity index (χ4n) is 3.48. The van der Waals surface area contributed by atoms with Crippen LogP contribution >= 0.6 is 11.3 Å². The summed E-state index contributed by atoms with van der Waals surface area (Å²) < 4.78 is 7.13. The van der Waals surface area contributed by atoms with Gasteiger partial charge in [-0.2, -0.15) is 5.26 Å². The first-order valence-corrected chi connectivity index (χ1v) is 11.0.